The molecule has 0 spiro atoms. The summed E-state index contributed by atoms with van der Waals surface area (Å²) in [7, 11) is 0. The highest BCUT2D eigenvalue weighted by Gasteiger charge is 2.02. The van der Waals surface area contributed by atoms with Gasteiger partial charge in [-0.25, -0.2) is 8.78 Å². The summed E-state index contributed by atoms with van der Waals surface area (Å²) in [5, 5.41) is 5.28. The summed E-state index contributed by atoms with van der Waals surface area (Å²) in [6.07, 6.45) is 0. The SMILES string of the molecule is Cc1ccsc1CNCCOc1cc(F)cc(F)c1. The molecule has 5 heteroatoms. The topological polar surface area (TPSA) is 21.3 Å². The molecule has 19 heavy (non-hydrogen) atoms. The quantitative estimate of drug-likeness (QED) is 0.819. The van der Waals surface area contributed by atoms with Crippen LogP contribution < -0.4 is 10.1 Å². The van der Waals surface area contributed by atoms with Crippen molar-refractivity contribution in [3.8, 4) is 5.75 Å². The molecule has 2 rings (SSSR count). The van der Waals surface area contributed by atoms with E-state index in [9.17, 15) is 8.78 Å². The van der Waals surface area contributed by atoms with Crippen molar-refractivity contribution in [1.29, 1.82) is 0 Å². The predicted octanol–water partition coefficient (Wildman–Crippen LogP) is 3.50. The van der Waals surface area contributed by atoms with Gasteiger partial charge in [-0.15, -0.1) is 11.3 Å². The van der Waals surface area contributed by atoms with E-state index in [-0.39, 0.29) is 5.75 Å². The Morgan fingerprint density at radius 2 is 1.95 bits per heavy atom. The first-order valence-electron chi connectivity index (χ1n) is 5.98. The van der Waals surface area contributed by atoms with Crippen LogP contribution in [0.25, 0.3) is 0 Å². The van der Waals surface area contributed by atoms with Gasteiger partial charge >= 0.3 is 0 Å². The molecule has 0 saturated carbocycles. The van der Waals surface area contributed by atoms with Gasteiger partial charge in [0.2, 0.25) is 0 Å². The van der Waals surface area contributed by atoms with E-state index in [1.54, 1.807) is 11.3 Å². The van der Waals surface area contributed by atoms with Gasteiger partial charge in [-0.3, -0.25) is 0 Å². The Hall–Kier alpha value is -1.46. The fourth-order valence-corrected chi connectivity index (χ4v) is 2.52. The van der Waals surface area contributed by atoms with Gasteiger partial charge in [0.1, 0.15) is 24.0 Å². The molecule has 1 heterocycles. The van der Waals surface area contributed by atoms with Crippen molar-refractivity contribution < 1.29 is 13.5 Å². The van der Waals surface area contributed by atoms with E-state index in [2.05, 4.69) is 23.7 Å². The van der Waals surface area contributed by atoms with Crippen LogP contribution in [0.3, 0.4) is 0 Å². The van der Waals surface area contributed by atoms with Crippen LogP contribution in [0.1, 0.15) is 10.4 Å². The van der Waals surface area contributed by atoms with Crippen molar-refractivity contribution in [2.75, 3.05) is 13.2 Å². The Labute approximate surface area is 115 Å². The smallest absolute Gasteiger partial charge is 0.129 e. The van der Waals surface area contributed by atoms with Crippen molar-refractivity contribution in [1.82, 2.24) is 5.32 Å². The van der Waals surface area contributed by atoms with Crippen LogP contribution in [0.15, 0.2) is 29.6 Å². The third kappa shape index (κ3) is 4.29. The number of aryl methyl sites for hydroxylation is 1. The fourth-order valence-electron chi connectivity index (χ4n) is 1.64. The van der Waals surface area contributed by atoms with E-state index in [0.717, 1.165) is 12.6 Å². The fraction of sp³-hybridized carbons (Fsp3) is 0.286. The molecule has 0 radical (unpaired) electrons. The molecule has 102 valence electrons. The summed E-state index contributed by atoms with van der Waals surface area (Å²) in [6.45, 7) is 3.84. The highest BCUT2D eigenvalue weighted by Crippen LogP contribution is 2.16. The Balaban J connectivity index is 1.71. The zero-order valence-corrected chi connectivity index (χ0v) is 11.4. The molecule has 0 amide bonds. The van der Waals surface area contributed by atoms with E-state index in [0.29, 0.717) is 13.2 Å². The van der Waals surface area contributed by atoms with Gasteiger partial charge in [-0.2, -0.15) is 0 Å². The van der Waals surface area contributed by atoms with E-state index < -0.39 is 11.6 Å². The Morgan fingerprint density at radius 1 is 1.21 bits per heavy atom. The van der Waals surface area contributed by atoms with E-state index in [1.165, 1.54) is 22.6 Å². The van der Waals surface area contributed by atoms with Crippen molar-refractivity contribution in [3.63, 3.8) is 0 Å². The summed E-state index contributed by atoms with van der Waals surface area (Å²) in [4.78, 5) is 1.29. The lowest BCUT2D eigenvalue weighted by Crippen LogP contribution is -2.20. The molecular weight excluding hydrogens is 268 g/mol. The lowest BCUT2D eigenvalue weighted by molar-refractivity contribution is 0.310. The van der Waals surface area contributed by atoms with Crippen LogP contribution in [-0.4, -0.2) is 13.2 Å². The van der Waals surface area contributed by atoms with Crippen LogP contribution in [0.5, 0.6) is 5.75 Å². The Morgan fingerprint density at radius 3 is 2.58 bits per heavy atom. The first-order valence-corrected chi connectivity index (χ1v) is 6.85. The number of ether oxygens (including phenoxy) is 1. The average Bonchev–Trinajstić information content (AvgIpc) is 2.73. The van der Waals surface area contributed by atoms with Gasteiger partial charge in [0.05, 0.1) is 0 Å². The molecule has 1 aromatic carbocycles. The van der Waals surface area contributed by atoms with Crippen LogP contribution in [0.4, 0.5) is 8.78 Å². The minimum absolute atomic E-state index is 0.214. The van der Waals surface area contributed by atoms with E-state index in [4.69, 9.17) is 4.74 Å². The van der Waals surface area contributed by atoms with Gasteiger partial charge in [0, 0.05) is 36.2 Å². The summed E-state index contributed by atoms with van der Waals surface area (Å²) in [6, 6.07) is 5.25. The molecule has 0 aliphatic carbocycles. The van der Waals surface area contributed by atoms with Crippen molar-refractivity contribution >= 4 is 11.3 Å². The van der Waals surface area contributed by atoms with Crippen molar-refractivity contribution in [2.24, 2.45) is 0 Å². The summed E-state index contributed by atoms with van der Waals surface area (Å²) in [5.74, 6) is -1.04. The first-order chi connectivity index (χ1) is 9.15. The monoisotopic (exact) mass is 283 g/mol. The molecular formula is C14H15F2NOS. The lowest BCUT2D eigenvalue weighted by Gasteiger charge is -2.07. The second-order valence-corrected chi connectivity index (χ2v) is 5.16. The van der Waals surface area contributed by atoms with Gasteiger partial charge in [-0.05, 0) is 23.9 Å². The maximum absolute atomic E-state index is 12.9. The molecule has 0 aliphatic rings. The summed E-state index contributed by atoms with van der Waals surface area (Å²) >= 11 is 1.71. The second kappa shape index (κ2) is 6.63. The van der Waals surface area contributed by atoms with E-state index in [1.807, 2.05) is 0 Å². The number of thiophene rings is 1. The van der Waals surface area contributed by atoms with Gasteiger partial charge in [-0.1, -0.05) is 0 Å². The molecule has 2 nitrogen and oxygen atoms in total. The normalized spacial score (nSPS) is 10.7. The number of rotatable bonds is 6. The Kier molecular flexibility index (Phi) is 4.87. The van der Waals surface area contributed by atoms with Crippen molar-refractivity contribution in [3.05, 3.63) is 51.7 Å². The zero-order chi connectivity index (χ0) is 13.7. The van der Waals surface area contributed by atoms with Gasteiger partial charge < -0.3 is 10.1 Å². The number of benzene rings is 1. The minimum Gasteiger partial charge on any atom is -0.492 e. The lowest BCUT2D eigenvalue weighted by atomic mass is 10.3. The number of hydrogen-bond donors (Lipinski definition) is 1. The molecule has 0 saturated heterocycles. The Bertz CT molecular complexity index is 522. The highest BCUT2D eigenvalue weighted by molar-refractivity contribution is 7.10. The van der Waals surface area contributed by atoms with Crippen molar-refractivity contribution in [2.45, 2.75) is 13.5 Å². The molecule has 0 atom stereocenters. The van der Waals surface area contributed by atoms with Crippen LogP contribution in [0, 0.1) is 18.6 Å². The minimum atomic E-state index is -0.628. The standard InChI is InChI=1S/C14H15F2NOS/c1-10-2-5-19-14(10)9-17-3-4-18-13-7-11(15)6-12(16)8-13/h2,5-8,17H,3-4,9H2,1H3. The van der Waals surface area contributed by atoms with Gasteiger partial charge in [0.15, 0.2) is 0 Å². The molecule has 1 aromatic heterocycles. The first kappa shape index (κ1) is 14.0. The largest absolute Gasteiger partial charge is 0.492 e. The molecule has 0 fully saturated rings. The second-order valence-electron chi connectivity index (χ2n) is 4.16. The third-order valence-electron chi connectivity index (χ3n) is 2.64. The number of nitrogens with one attached hydrogen (secondary N) is 1. The zero-order valence-electron chi connectivity index (χ0n) is 10.6. The molecule has 1 N–H and O–H groups in total. The number of halogens is 2. The molecule has 0 bridgehead atoms. The third-order valence-corrected chi connectivity index (χ3v) is 3.66. The molecule has 0 aliphatic heterocycles. The molecule has 2 aromatic rings. The maximum atomic E-state index is 12.9. The van der Waals surface area contributed by atoms with Crippen LogP contribution in [0.2, 0.25) is 0 Å². The van der Waals surface area contributed by atoms with Gasteiger partial charge in [0.25, 0.3) is 0 Å². The predicted molar refractivity (Wildman–Crippen MR) is 72.6 cm³/mol. The van der Waals surface area contributed by atoms with Crippen LogP contribution >= 0.6 is 11.3 Å². The average molecular weight is 283 g/mol. The van der Waals surface area contributed by atoms with E-state index >= 15 is 0 Å². The summed E-state index contributed by atoms with van der Waals surface area (Å²) < 4.78 is 31.1. The molecule has 0 unspecified atom stereocenters. The highest BCUT2D eigenvalue weighted by atomic mass is 32.1. The summed E-state index contributed by atoms with van der Waals surface area (Å²) in [5.41, 5.74) is 1.27. The van der Waals surface area contributed by atoms with Crippen LogP contribution in [-0.2, 0) is 6.54 Å². The maximum Gasteiger partial charge on any atom is 0.129 e. The number of hydrogen-bond acceptors (Lipinski definition) is 3.